The van der Waals surface area contributed by atoms with Gasteiger partial charge in [-0.05, 0) is 36.8 Å². The minimum absolute atomic E-state index is 0.00835. The Kier molecular flexibility index (Phi) is 5.60. The predicted molar refractivity (Wildman–Crippen MR) is 98.3 cm³/mol. The molecular weight excluding hydrogens is 334 g/mol. The topological polar surface area (TPSA) is 84.7 Å². The molecule has 0 unspecified atom stereocenters. The molecule has 0 aliphatic carbocycles. The predicted octanol–water partition coefficient (Wildman–Crippen LogP) is 2.99. The lowest BCUT2D eigenvalue weighted by molar-refractivity contribution is -0.385. The number of nitrogens with zero attached hydrogens (tertiary/aromatic N) is 2. The fourth-order valence-electron chi connectivity index (χ4n) is 2.92. The van der Waals surface area contributed by atoms with E-state index in [-0.39, 0.29) is 11.6 Å². The molecule has 1 amide bonds. The highest BCUT2D eigenvalue weighted by atomic mass is 16.6. The third kappa shape index (κ3) is 4.44. The maximum atomic E-state index is 12.3. The summed E-state index contributed by atoms with van der Waals surface area (Å²) in [6, 6.07) is 12.1. The molecule has 2 aromatic carbocycles. The number of hydrogen-bond donors (Lipinski definition) is 1. The number of hydrogen-bond acceptors (Lipinski definition) is 5. The van der Waals surface area contributed by atoms with E-state index in [1.807, 2.05) is 24.3 Å². The van der Waals surface area contributed by atoms with Crippen molar-refractivity contribution in [1.29, 1.82) is 0 Å². The van der Waals surface area contributed by atoms with Gasteiger partial charge in [-0.3, -0.25) is 19.8 Å². The van der Waals surface area contributed by atoms with E-state index in [0.717, 1.165) is 32.8 Å². The molecule has 7 heteroatoms. The molecule has 1 N–H and O–H groups in total. The Morgan fingerprint density at radius 2 is 1.88 bits per heavy atom. The molecule has 0 bridgehead atoms. The number of anilines is 1. The minimum atomic E-state index is -0.454. The van der Waals surface area contributed by atoms with Crippen LogP contribution < -0.4 is 5.32 Å². The molecule has 7 nitrogen and oxygen atoms in total. The Labute approximate surface area is 151 Å². The summed E-state index contributed by atoms with van der Waals surface area (Å²) in [6.45, 7) is 5.87. The molecular formula is C19H21N3O4. The van der Waals surface area contributed by atoms with Crippen LogP contribution >= 0.6 is 0 Å². The van der Waals surface area contributed by atoms with E-state index >= 15 is 0 Å². The first-order valence-electron chi connectivity index (χ1n) is 8.48. The van der Waals surface area contributed by atoms with Gasteiger partial charge in [-0.25, -0.2) is 0 Å². The van der Waals surface area contributed by atoms with Crippen molar-refractivity contribution in [2.24, 2.45) is 0 Å². The van der Waals surface area contributed by atoms with Crippen LogP contribution in [-0.4, -0.2) is 42.0 Å². The van der Waals surface area contributed by atoms with Crippen molar-refractivity contribution in [2.45, 2.75) is 13.5 Å². The lowest BCUT2D eigenvalue weighted by Crippen LogP contribution is -2.35. The second-order valence-electron chi connectivity index (χ2n) is 6.30. The summed E-state index contributed by atoms with van der Waals surface area (Å²) in [5, 5.41) is 13.7. The van der Waals surface area contributed by atoms with Crippen LogP contribution in [0.5, 0.6) is 0 Å². The maximum absolute atomic E-state index is 12.3. The summed E-state index contributed by atoms with van der Waals surface area (Å²) in [6.07, 6.45) is 0. The highest BCUT2D eigenvalue weighted by Gasteiger charge is 2.14. The molecule has 136 valence electrons. The summed E-state index contributed by atoms with van der Waals surface area (Å²) in [5.41, 5.74) is 2.73. The summed E-state index contributed by atoms with van der Waals surface area (Å²) in [5.74, 6) is -0.288. The Bertz CT molecular complexity index is 799. The van der Waals surface area contributed by atoms with Gasteiger partial charge in [0.15, 0.2) is 0 Å². The zero-order chi connectivity index (χ0) is 18.5. The first-order chi connectivity index (χ1) is 12.5. The number of carbonyl (C=O) groups is 1. The van der Waals surface area contributed by atoms with Gasteiger partial charge in [0.25, 0.3) is 11.6 Å². The van der Waals surface area contributed by atoms with Gasteiger partial charge in [0.2, 0.25) is 0 Å². The fourth-order valence-corrected chi connectivity index (χ4v) is 2.92. The highest BCUT2D eigenvalue weighted by molar-refractivity contribution is 6.04. The van der Waals surface area contributed by atoms with Gasteiger partial charge in [0, 0.05) is 42.5 Å². The number of amides is 1. The SMILES string of the molecule is Cc1cc(C(=O)Nc2ccc(CN3CCOCC3)cc2)ccc1[N+](=O)[O-]. The Hall–Kier alpha value is -2.77. The van der Waals surface area contributed by atoms with Crippen LogP contribution in [0.25, 0.3) is 0 Å². The number of nitro benzene ring substituents is 1. The average Bonchev–Trinajstić information content (AvgIpc) is 2.64. The Morgan fingerprint density at radius 1 is 1.19 bits per heavy atom. The van der Waals surface area contributed by atoms with Gasteiger partial charge in [0.1, 0.15) is 0 Å². The van der Waals surface area contributed by atoms with Gasteiger partial charge in [-0.2, -0.15) is 0 Å². The molecule has 0 radical (unpaired) electrons. The van der Waals surface area contributed by atoms with Crippen molar-refractivity contribution in [3.8, 4) is 0 Å². The van der Waals surface area contributed by atoms with Crippen LogP contribution in [0.2, 0.25) is 0 Å². The number of morpholine rings is 1. The highest BCUT2D eigenvalue weighted by Crippen LogP contribution is 2.20. The molecule has 2 aromatic rings. The number of nitrogens with one attached hydrogen (secondary N) is 1. The van der Waals surface area contributed by atoms with Crippen LogP contribution in [0.3, 0.4) is 0 Å². The van der Waals surface area contributed by atoms with E-state index in [2.05, 4.69) is 10.2 Å². The van der Waals surface area contributed by atoms with E-state index in [9.17, 15) is 14.9 Å². The van der Waals surface area contributed by atoms with Crippen LogP contribution in [0, 0.1) is 17.0 Å². The molecule has 0 saturated carbocycles. The lowest BCUT2D eigenvalue weighted by Gasteiger charge is -2.26. The number of carbonyl (C=O) groups excluding carboxylic acids is 1. The second-order valence-corrected chi connectivity index (χ2v) is 6.30. The number of nitro groups is 1. The second kappa shape index (κ2) is 8.07. The van der Waals surface area contributed by atoms with Crippen molar-refractivity contribution in [2.75, 3.05) is 31.6 Å². The smallest absolute Gasteiger partial charge is 0.272 e. The molecule has 0 atom stereocenters. The van der Waals surface area contributed by atoms with Crippen molar-refractivity contribution in [3.63, 3.8) is 0 Å². The summed E-state index contributed by atoms with van der Waals surface area (Å²) in [7, 11) is 0. The standard InChI is InChI=1S/C19H21N3O4/c1-14-12-16(4-7-18(14)22(24)25)19(23)20-17-5-2-15(3-6-17)13-21-8-10-26-11-9-21/h2-7,12H,8-11,13H2,1H3,(H,20,23). The van der Waals surface area contributed by atoms with E-state index in [4.69, 9.17) is 4.74 Å². The molecule has 1 fully saturated rings. The van der Waals surface area contributed by atoms with Crippen LogP contribution in [0.4, 0.5) is 11.4 Å². The maximum Gasteiger partial charge on any atom is 0.272 e. The average molecular weight is 355 g/mol. The van der Waals surface area contributed by atoms with Crippen LogP contribution in [0.1, 0.15) is 21.5 Å². The van der Waals surface area contributed by atoms with Gasteiger partial charge in [-0.15, -0.1) is 0 Å². The van der Waals surface area contributed by atoms with E-state index in [1.54, 1.807) is 6.92 Å². The molecule has 1 heterocycles. The van der Waals surface area contributed by atoms with Crippen molar-refractivity contribution >= 4 is 17.3 Å². The van der Waals surface area contributed by atoms with Crippen molar-refractivity contribution in [1.82, 2.24) is 4.90 Å². The van der Waals surface area contributed by atoms with Gasteiger partial charge >= 0.3 is 0 Å². The molecule has 1 aliphatic heterocycles. The quantitative estimate of drug-likeness (QED) is 0.658. The van der Waals surface area contributed by atoms with E-state index in [1.165, 1.54) is 23.8 Å². The first-order valence-corrected chi connectivity index (χ1v) is 8.48. The summed E-state index contributed by atoms with van der Waals surface area (Å²) < 4.78 is 5.34. The largest absolute Gasteiger partial charge is 0.379 e. The van der Waals surface area contributed by atoms with Gasteiger partial charge in [-0.1, -0.05) is 12.1 Å². The Morgan fingerprint density at radius 3 is 2.50 bits per heavy atom. The fraction of sp³-hybridized carbons (Fsp3) is 0.316. The zero-order valence-corrected chi connectivity index (χ0v) is 14.6. The molecule has 0 spiro atoms. The monoisotopic (exact) mass is 355 g/mol. The van der Waals surface area contributed by atoms with Crippen LogP contribution in [0.15, 0.2) is 42.5 Å². The number of ether oxygens (including phenoxy) is 1. The number of aryl methyl sites for hydroxylation is 1. The van der Waals surface area contributed by atoms with E-state index < -0.39 is 4.92 Å². The van der Waals surface area contributed by atoms with E-state index in [0.29, 0.717) is 16.8 Å². The zero-order valence-electron chi connectivity index (χ0n) is 14.6. The third-order valence-electron chi connectivity index (χ3n) is 4.38. The molecule has 1 aliphatic rings. The first kappa shape index (κ1) is 18.0. The van der Waals surface area contributed by atoms with Gasteiger partial charge in [0.05, 0.1) is 18.1 Å². The summed E-state index contributed by atoms with van der Waals surface area (Å²) in [4.78, 5) is 25.1. The Balaban J connectivity index is 1.62. The molecule has 1 saturated heterocycles. The minimum Gasteiger partial charge on any atom is -0.379 e. The number of benzene rings is 2. The van der Waals surface area contributed by atoms with Gasteiger partial charge < -0.3 is 10.1 Å². The normalized spacial score (nSPS) is 14.8. The van der Waals surface area contributed by atoms with Crippen LogP contribution in [-0.2, 0) is 11.3 Å². The molecule has 3 rings (SSSR count). The summed E-state index contributed by atoms with van der Waals surface area (Å²) >= 11 is 0. The molecule has 0 aromatic heterocycles. The number of rotatable bonds is 5. The van der Waals surface area contributed by atoms with Crippen molar-refractivity contribution in [3.05, 3.63) is 69.3 Å². The van der Waals surface area contributed by atoms with Crippen molar-refractivity contribution < 1.29 is 14.5 Å². The lowest BCUT2D eigenvalue weighted by atomic mass is 10.1. The molecule has 26 heavy (non-hydrogen) atoms. The third-order valence-corrected chi connectivity index (χ3v) is 4.38.